The van der Waals surface area contributed by atoms with Gasteiger partial charge in [-0.25, -0.2) is 0 Å². The highest BCUT2D eigenvalue weighted by Crippen LogP contribution is 2.65. The Morgan fingerprint density at radius 2 is 1.20 bits per heavy atom. The number of ether oxygens (including phenoxy) is 1. The predicted octanol–water partition coefficient (Wildman–Crippen LogP) is 8.86. The molecule has 6 heteroatoms. The van der Waals surface area contributed by atoms with Crippen LogP contribution in [-0.4, -0.2) is 11.2 Å². The average Bonchev–Trinajstić information content (AvgIpc) is 3.49. The van der Waals surface area contributed by atoms with Crippen molar-refractivity contribution in [2.45, 2.75) is 11.9 Å². The first kappa shape index (κ1) is 26.4. The van der Waals surface area contributed by atoms with Gasteiger partial charge in [0.2, 0.25) is 0 Å². The van der Waals surface area contributed by atoms with Gasteiger partial charge in [0.15, 0.2) is 12.8 Å². The fourth-order valence-electron chi connectivity index (χ4n) is 6.89. The Bertz CT molecular complexity index is 2230. The molecule has 7 aromatic carbocycles. The molecule has 5 nitrogen and oxygen atoms in total. The van der Waals surface area contributed by atoms with Crippen LogP contribution in [0.3, 0.4) is 0 Å². The highest BCUT2D eigenvalue weighted by atomic mass is 31.2. The molecule has 44 heavy (non-hydrogen) atoms. The van der Waals surface area contributed by atoms with Crippen molar-refractivity contribution >= 4 is 50.1 Å². The molecular weight excluding hydrogens is 565 g/mol. The SMILES string of the molecule is O=[N+]([O-])C1Oc2ccc3c(-c4ccccc4)cc4ccc5ccccc5c4c3c2[C@@H]1P(=O)(c1ccccc1)c1ccccc1. The maximum Gasteiger partial charge on any atom is 0.368 e. The lowest BCUT2D eigenvalue weighted by molar-refractivity contribution is -0.559. The maximum atomic E-state index is 15.9. The summed E-state index contributed by atoms with van der Waals surface area (Å²) in [5, 5.41) is 19.8. The zero-order valence-corrected chi connectivity index (χ0v) is 24.4. The Kier molecular flexibility index (Phi) is 6.11. The molecule has 0 aliphatic carbocycles. The third-order valence-electron chi connectivity index (χ3n) is 8.78. The summed E-state index contributed by atoms with van der Waals surface area (Å²) < 4.78 is 22.1. The van der Waals surface area contributed by atoms with E-state index in [9.17, 15) is 10.1 Å². The molecule has 0 aromatic heterocycles. The predicted molar refractivity (Wildman–Crippen MR) is 178 cm³/mol. The molecule has 0 saturated heterocycles. The molecule has 1 aliphatic rings. The van der Waals surface area contributed by atoms with Gasteiger partial charge in [-0.2, -0.15) is 0 Å². The van der Waals surface area contributed by atoms with Gasteiger partial charge >= 0.3 is 6.23 Å². The molecule has 0 saturated carbocycles. The van der Waals surface area contributed by atoms with Crippen LogP contribution in [0.1, 0.15) is 11.2 Å². The second-order valence-corrected chi connectivity index (χ2v) is 14.0. The zero-order valence-electron chi connectivity index (χ0n) is 23.5. The van der Waals surface area contributed by atoms with E-state index in [1.165, 1.54) is 0 Å². The summed E-state index contributed by atoms with van der Waals surface area (Å²) in [6.07, 6.45) is -1.53. The van der Waals surface area contributed by atoms with Crippen LogP contribution in [0, 0.1) is 10.1 Å². The van der Waals surface area contributed by atoms with E-state index in [1.807, 2.05) is 103 Å². The third kappa shape index (κ3) is 3.90. The van der Waals surface area contributed by atoms with Crippen LogP contribution >= 0.6 is 7.14 Å². The van der Waals surface area contributed by atoms with E-state index in [0.717, 1.165) is 43.4 Å². The molecule has 0 bridgehead atoms. The van der Waals surface area contributed by atoms with Gasteiger partial charge in [-0.05, 0) is 55.6 Å². The van der Waals surface area contributed by atoms with E-state index in [4.69, 9.17) is 4.74 Å². The molecule has 7 aromatic rings. The summed E-state index contributed by atoms with van der Waals surface area (Å²) in [5.74, 6) is 0.399. The normalized spacial score (nSPS) is 16.2. The summed E-state index contributed by atoms with van der Waals surface area (Å²) >= 11 is 0. The van der Waals surface area contributed by atoms with E-state index in [1.54, 1.807) is 0 Å². The minimum Gasteiger partial charge on any atom is -0.429 e. The number of fused-ring (bicyclic) bond motifs is 7. The lowest BCUT2D eigenvalue weighted by atomic mass is 9.88. The molecule has 1 unspecified atom stereocenters. The lowest BCUT2D eigenvalue weighted by Crippen LogP contribution is -2.33. The Labute approximate surface area is 253 Å². The molecular formula is C38H26NO4P. The molecule has 212 valence electrons. The molecule has 2 atom stereocenters. The molecule has 1 heterocycles. The number of nitrogens with zero attached hydrogens (tertiary/aromatic N) is 1. The number of benzene rings is 7. The van der Waals surface area contributed by atoms with Gasteiger partial charge in [-0.1, -0.05) is 133 Å². The molecule has 0 fully saturated rings. The summed E-state index contributed by atoms with van der Waals surface area (Å²) in [5.41, 5.74) is 1.60. The highest BCUT2D eigenvalue weighted by molar-refractivity contribution is 7.79. The van der Waals surface area contributed by atoms with Crippen LogP contribution in [0.4, 0.5) is 0 Å². The largest absolute Gasteiger partial charge is 0.429 e. The second-order valence-electron chi connectivity index (χ2n) is 11.1. The first-order chi connectivity index (χ1) is 21.6. The van der Waals surface area contributed by atoms with Gasteiger partial charge in [-0.15, -0.1) is 0 Å². The molecule has 8 rings (SSSR count). The average molecular weight is 592 g/mol. The Balaban J connectivity index is 1.58. The van der Waals surface area contributed by atoms with E-state index in [-0.39, 0.29) is 0 Å². The molecule has 0 amide bonds. The second kappa shape index (κ2) is 10.2. The van der Waals surface area contributed by atoms with E-state index < -0.39 is 24.0 Å². The van der Waals surface area contributed by atoms with Crippen molar-refractivity contribution in [3.8, 4) is 16.9 Å². The van der Waals surface area contributed by atoms with Crippen molar-refractivity contribution in [1.82, 2.24) is 0 Å². The van der Waals surface area contributed by atoms with E-state index >= 15 is 4.57 Å². The van der Waals surface area contributed by atoms with Crippen molar-refractivity contribution in [3.63, 3.8) is 0 Å². The van der Waals surface area contributed by atoms with Gasteiger partial charge in [0, 0.05) is 16.2 Å². The van der Waals surface area contributed by atoms with Gasteiger partial charge in [0.1, 0.15) is 5.75 Å². The number of hydrogen-bond acceptors (Lipinski definition) is 4. The Morgan fingerprint density at radius 3 is 1.86 bits per heavy atom. The standard InChI is InChI=1S/C38H26NO4P/c40-39(41)38-37(44(42,28-15-6-2-7-16-28)29-17-8-3-9-18-29)36-33(43-38)23-22-31-32(25-12-4-1-5-13-25)24-27-21-20-26-14-10-11-19-30(26)34(27)35(31)36/h1-24,37-38H/t37-,38?/m0/s1. The van der Waals surface area contributed by atoms with Crippen LogP contribution in [0.15, 0.2) is 146 Å². The van der Waals surface area contributed by atoms with Crippen LogP contribution in [0.2, 0.25) is 0 Å². The fourth-order valence-corrected chi connectivity index (χ4v) is 10.2. The Hall–Kier alpha value is -5.25. The molecule has 0 spiro atoms. The van der Waals surface area contributed by atoms with Crippen molar-refractivity contribution in [2.24, 2.45) is 0 Å². The fraction of sp³-hybridized carbons (Fsp3) is 0.0526. The van der Waals surface area contributed by atoms with Crippen molar-refractivity contribution in [1.29, 1.82) is 0 Å². The smallest absolute Gasteiger partial charge is 0.368 e. The third-order valence-corrected chi connectivity index (χ3v) is 12.2. The molecule has 1 aliphatic heterocycles. The van der Waals surface area contributed by atoms with Gasteiger partial charge < -0.3 is 9.30 Å². The Morgan fingerprint density at radius 1 is 0.614 bits per heavy atom. The van der Waals surface area contributed by atoms with Crippen molar-refractivity contribution in [3.05, 3.63) is 161 Å². The van der Waals surface area contributed by atoms with E-state index in [2.05, 4.69) is 42.5 Å². The molecule has 0 N–H and O–H groups in total. The zero-order chi connectivity index (χ0) is 29.8. The topological polar surface area (TPSA) is 69.4 Å². The minimum absolute atomic E-state index is 0.399. The quantitative estimate of drug-likeness (QED) is 0.0868. The maximum absolute atomic E-state index is 15.9. The molecule has 0 radical (unpaired) electrons. The minimum atomic E-state index is -3.71. The van der Waals surface area contributed by atoms with Crippen molar-refractivity contribution < 1.29 is 14.2 Å². The number of hydrogen-bond donors (Lipinski definition) is 0. The lowest BCUT2D eigenvalue weighted by Gasteiger charge is -2.27. The van der Waals surface area contributed by atoms with Gasteiger partial charge in [-0.3, -0.25) is 10.1 Å². The van der Waals surface area contributed by atoms with Crippen LogP contribution < -0.4 is 15.3 Å². The number of nitro groups is 1. The van der Waals surface area contributed by atoms with Crippen LogP contribution in [-0.2, 0) is 4.57 Å². The summed E-state index contributed by atoms with van der Waals surface area (Å²) in [7, 11) is -3.71. The van der Waals surface area contributed by atoms with Crippen LogP contribution in [0.5, 0.6) is 5.75 Å². The monoisotopic (exact) mass is 591 g/mol. The van der Waals surface area contributed by atoms with E-state index in [0.29, 0.717) is 21.9 Å². The summed E-state index contributed by atoms with van der Waals surface area (Å²) in [6, 6.07) is 46.9. The first-order valence-corrected chi connectivity index (χ1v) is 16.3. The van der Waals surface area contributed by atoms with Crippen LogP contribution in [0.25, 0.3) is 43.4 Å². The highest BCUT2D eigenvalue weighted by Gasteiger charge is 2.55. The van der Waals surface area contributed by atoms with Gasteiger partial charge in [0.25, 0.3) is 0 Å². The van der Waals surface area contributed by atoms with Crippen molar-refractivity contribution in [2.75, 3.05) is 0 Å². The summed E-state index contributed by atoms with van der Waals surface area (Å²) in [6.45, 7) is 0. The van der Waals surface area contributed by atoms with Gasteiger partial charge in [0.05, 0.1) is 4.92 Å². The summed E-state index contributed by atoms with van der Waals surface area (Å²) in [4.78, 5) is 12.4. The number of rotatable bonds is 5. The first-order valence-electron chi connectivity index (χ1n) is 14.5.